The summed E-state index contributed by atoms with van der Waals surface area (Å²) < 4.78 is 28.5. The van der Waals surface area contributed by atoms with E-state index in [1.54, 1.807) is 19.1 Å². The van der Waals surface area contributed by atoms with Gasteiger partial charge in [0, 0.05) is 5.56 Å². The summed E-state index contributed by atoms with van der Waals surface area (Å²) in [6.07, 6.45) is 29.6. The molecule has 0 nitrogen and oxygen atoms in total. The number of halogens is 2. The first-order valence-corrected chi connectivity index (χ1v) is 15.4. The summed E-state index contributed by atoms with van der Waals surface area (Å²) in [4.78, 5) is 0. The quantitative estimate of drug-likeness (QED) is 0.223. The maximum absolute atomic E-state index is 14.5. The lowest BCUT2D eigenvalue weighted by Crippen LogP contribution is -2.28. The van der Waals surface area contributed by atoms with Crippen LogP contribution in [-0.2, 0) is 0 Å². The number of hydrogen-bond donors (Lipinski definition) is 0. The smallest absolute Gasteiger partial charge is 0.166 e. The number of unbranched alkanes of at least 4 members (excludes halogenated alkanes) is 3. The van der Waals surface area contributed by atoms with Gasteiger partial charge in [0.1, 0.15) is 0 Å². The van der Waals surface area contributed by atoms with E-state index in [9.17, 15) is 8.78 Å². The van der Waals surface area contributed by atoms with Crippen LogP contribution < -0.4 is 0 Å². The van der Waals surface area contributed by atoms with Crippen molar-refractivity contribution < 1.29 is 8.78 Å². The van der Waals surface area contributed by atoms with Crippen LogP contribution in [0.5, 0.6) is 0 Å². The van der Waals surface area contributed by atoms with Crippen LogP contribution in [-0.4, -0.2) is 0 Å². The van der Waals surface area contributed by atoms with Gasteiger partial charge in [0.2, 0.25) is 0 Å². The van der Waals surface area contributed by atoms with Crippen molar-refractivity contribution in [3.63, 3.8) is 0 Å². The monoisotopic (exact) mass is 496 g/mol. The van der Waals surface area contributed by atoms with Crippen molar-refractivity contribution in [1.82, 2.24) is 0 Å². The SMILES string of the molecule is CCCCCC=CCCC1CCC(C2CCC(C3CC=C(c4ccc(C)c(F)c4F)CC3)CC2)CC1. The van der Waals surface area contributed by atoms with E-state index in [4.69, 9.17) is 0 Å². The molecule has 0 bridgehead atoms. The Bertz CT molecular complexity index is 865. The minimum atomic E-state index is -0.683. The summed E-state index contributed by atoms with van der Waals surface area (Å²) in [5.41, 5.74) is 1.89. The summed E-state index contributed by atoms with van der Waals surface area (Å²) in [6, 6.07) is 3.48. The van der Waals surface area contributed by atoms with Gasteiger partial charge < -0.3 is 0 Å². The van der Waals surface area contributed by atoms with Crippen molar-refractivity contribution in [3.05, 3.63) is 53.1 Å². The van der Waals surface area contributed by atoms with E-state index in [1.807, 2.05) is 0 Å². The summed E-state index contributed by atoms with van der Waals surface area (Å²) in [5, 5.41) is 0. The van der Waals surface area contributed by atoms with Gasteiger partial charge in [-0.25, -0.2) is 8.78 Å². The molecule has 0 aliphatic heterocycles. The van der Waals surface area contributed by atoms with E-state index in [2.05, 4.69) is 25.2 Å². The minimum absolute atomic E-state index is 0.390. The number of benzene rings is 1. The third-order valence-electron chi connectivity index (χ3n) is 10.00. The zero-order valence-corrected chi connectivity index (χ0v) is 23.1. The molecular formula is C34H50F2. The Balaban J connectivity index is 1.15. The molecule has 36 heavy (non-hydrogen) atoms. The molecule has 4 rings (SSSR count). The predicted octanol–water partition coefficient (Wildman–Crippen LogP) is 11.0. The summed E-state index contributed by atoms with van der Waals surface area (Å²) in [7, 11) is 0. The average molecular weight is 497 g/mol. The fraction of sp³-hybridized carbons (Fsp3) is 0.706. The van der Waals surface area contributed by atoms with Gasteiger partial charge in [-0.1, -0.05) is 63.0 Å². The highest BCUT2D eigenvalue weighted by Gasteiger charge is 2.33. The molecule has 3 aliphatic rings. The molecular weight excluding hydrogens is 446 g/mol. The zero-order chi connectivity index (χ0) is 25.3. The second kappa shape index (κ2) is 13.9. The number of aryl methyl sites for hydroxylation is 1. The Kier molecular flexibility index (Phi) is 10.7. The molecule has 1 unspecified atom stereocenters. The molecule has 0 saturated heterocycles. The van der Waals surface area contributed by atoms with E-state index >= 15 is 0 Å². The molecule has 0 aromatic heterocycles. The molecule has 0 heterocycles. The fourth-order valence-corrected chi connectivity index (χ4v) is 7.54. The fourth-order valence-electron chi connectivity index (χ4n) is 7.54. The second-order valence-electron chi connectivity index (χ2n) is 12.3. The van der Waals surface area contributed by atoms with Crippen LogP contribution in [0.15, 0.2) is 30.4 Å². The van der Waals surface area contributed by atoms with Crippen molar-refractivity contribution in [2.75, 3.05) is 0 Å². The van der Waals surface area contributed by atoms with Crippen LogP contribution in [0.2, 0.25) is 0 Å². The molecule has 0 spiro atoms. The highest BCUT2D eigenvalue weighted by molar-refractivity contribution is 5.67. The topological polar surface area (TPSA) is 0 Å². The minimum Gasteiger partial charge on any atom is -0.203 e. The number of allylic oxidation sites excluding steroid dienone is 4. The van der Waals surface area contributed by atoms with Gasteiger partial charge in [0.05, 0.1) is 0 Å². The third kappa shape index (κ3) is 7.32. The molecule has 1 atom stereocenters. The summed E-state index contributed by atoms with van der Waals surface area (Å²) >= 11 is 0. The van der Waals surface area contributed by atoms with Crippen molar-refractivity contribution in [2.24, 2.45) is 29.6 Å². The molecule has 3 aliphatic carbocycles. The van der Waals surface area contributed by atoms with Crippen LogP contribution in [0.3, 0.4) is 0 Å². The molecule has 2 saturated carbocycles. The maximum atomic E-state index is 14.5. The first-order valence-electron chi connectivity index (χ1n) is 15.4. The number of rotatable bonds is 10. The van der Waals surface area contributed by atoms with Crippen LogP contribution in [0.1, 0.15) is 127 Å². The van der Waals surface area contributed by atoms with Gasteiger partial charge in [-0.2, -0.15) is 0 Å². The predicted molar refractivity (Wildman–Crippen MR) is 150 cm³/mol. The van der Waals surface area contributed by atoms with E-state index in [0.29, 0.717) is 11.1 Å². The Labute approximate surface area is 220 Å². The lowest BCUT2D eigenvalue weighted by molar-refractivity contribution is 0.121. The van der Waals surface area contributed by atoms with Gasteiger partial charge in [0.25, 0.3) is 0 Å². The maximum Gasteiger partial charge on any atom is 0.166 e. The highest BCUT2D eigenvalue weighted by Crippen LogP contribution is 2.46. The van der Waals surface area contributed by atoms with Crippen molar-refractivity contribution >= 4 is 5.57 Å². The van der Waals surface area contributed by atoms with E-state index < -0.39 is 11.6 Å². The zero-order valence-electron chi connectivity index (χ0n) is 23.1. The summed E-state index contributed by atoms with van der Waals surface area (Å²) in [5.74, 6) is 3.13. The highest BCUT2D eigenvalue weighted by atomic mass is 19.2. The van der Waals surface area contributed by atoms with E-state index in [-0.39, 0.29) is 0 Å². The molecule has 200 valence electrons. The molecule has 1 aromatic carbocycles. The first kappa shape index (κ1) is 27.6. The Morgan fingerprint density at radius 1 is 0.750 bits per heavy atom. The Morgan fingerprint density at radius 3 is 2.03 bits per heavy atom. The molecule has 0 amide bonds. The molecule has 2 fully saturated rings. The van der Waals surface area contributed by atoms with Crippen LogP contribution in [0.4, 0.5) is 8.78 Å². The summed E-state index contributed by atoms with van der Waals surface area (Å²) in [6.45, 7) is 3.90. The van der Waals surface area contributed by atoms with Crippen LogP contribution >= 0.6 is 0 Å². The van der Waals surface area contributed by atoms with Crippen molar-refractivity contribution in [3.8, 4) is 0 Å². The first-order chi connectivity index (χ1) is 17.6. The van der Waals surface area contributed by atoms with Gasteiger partial charge in [-0.05, 0) is 131 Å². The van der Waals surface area contributed by atoms with Crippen LogP contribution in [0, 0.1) is 48.1 Å². The second-order valence-corrected chi connectivity index (χ2v) is 12.3. The lowest BCUT2D eigenvalue weighted by Gasteiger charge is -2.40. The van der Waals surface area contributed by atoms with Crippen molar-refractivity contribution in [1.29, 1.82) is 0 Å². The number of hydrogen-bond acceptors (Lipinski definition) is 0. The third-order valence-corrected chi connectivity index (χ3v) is 10.00. The van der Waals surface area contributed by atoms with Gasteiger partial charge in [-0.15, -0.1) is 0 Å². The molecule has 2 heteroatoms. The standard InChI is InChI=1S/C34H50F2/c1-3-4-5-6-7-8-9-10-26-12-14-27(15-13-26)28-16-18-29(19-17-28)30-20-22-31(23-21-30)32-24-11-25(2)33(35)34(32)36/h7-8,11,22,24,26-30H,3-6,9-10,12-21,23H2,1-2H3. The van der Waals surface area contributed by atoms with E-state index in [0.717, 1.165) is 54.4 Å². The largest absolute Gasteiger partial charge is 0.203 e. The molecule has 0 radical (unpaired) electrons. The molecule has 1 aromatic rings. The normalized spacial score (nSPS) is 29.4. The van der Waals surface area contributed by atoms with Crippen molar-refractivity contribution in [2.45, 2.75) is 123 Å². The Hall–Kier alpha value is -1.44. The Morgan fingerprint density at radius 2 is 1.39 bits per heavy atom. The van der Waals surface area contributed by atoms with Gasteiger partial charge >= 0.3 is 0 Å². The average Bonchev–Trinajstić information content (AvgIpc) is 2.92. The molecule has 0 N–H and O–H groups in total. The lowest BCUT2D eigenvalue weighted by atomic mass is 9.65. The van der Waals surface area contributed by atoms with Gasteiger partial charge in [-0.3, -0.25) is 0 Å². The van der Waals surface area contributed by atoms with Crippen LogP contribution in [0.25, 0.3) is 5.57 Å². The van der Waals surface area contributed by atoms with E-state index in [1.165, 1.54) is 89.9 Å². The van der Waals surface area contributed by atoms with Gasteiger partial charge in [0.15, 0.2) is 11.6 Å².